The molecule has 3 heterocycles. The Kier molecular flexibility index (Phi) is 3.79. The lowest BCUT2D eigenvalue weighted by atomic mass is 9.73. The van der Waals surface area contributed by atoms with E-state index in [0.717, 1.165) is 43.0 Å². The van der Waals surface area contributed by atoms with Crippen LogP contribution in [0.15, 0.2) is 16.9 Å². The van der Waals surface area contributed by atoms with E-state index in [0.29, 0.717) is 31.9 Å². The molecule has 28 heavy (non-hydrogen) atoms. The van der Waals surface area contributed by atoms with E-state index in [1.54, 1.807) is 0 Å². The lowest BCUT2D eigenvalue weighted by molar-refractivity contribution is -0.121. The highest BCUT2D eigenvalue weighted by Gasteiger charge is 2.50. The normalized spacial score (nSPS) is 20.1. The predicted molar refractivity (Wildman–Crippen MR) is 99.6 cm³/mol. The number of nitrogens with one attached hydrogen (secondary N) is 2. The van der Waals surface area contributed by atoms with Crippen molar-refractivity contribution in [1.82, 2.24) is 9.97 Å². The third-order valence-electron chi connectivity index (χ3n) is 6.31. The molecular weight excluding hydrogens is 366 g/mol. The summed E-state index contributed by atoms with van der Waals surface area (Å²) in [7, 11) is 0. The van der Waals surface area contributed by atoms with Gasteiger partial charge in [0, 0.05) is 30.3 Å². The van der Waals surface area contributed by atoms with Crippen LogP contribution >= 0.6 is 0 Å². The summed E-state index contributed by atoms with van der Waals surface area (Å²) in [5.41, 5.74) is 1.01. The van der Waals surface area contributed by atoms with Gasteiger partial charge in [-0.25, -0.2) is 13.8 Å². The van der Waals surface area contributed by atoms with Crippen molar-refractivity contribution in [2.75, 3.05) is 23.3 Å². The van der Waals surface area contributed by atoms with Gasteiger partial charge >= 0.3 is 0 Å². The molecule has 2 aromatic rings. The number of H-pyrrole nitrogens is 1. The Balaban J connectivity index is 1.44. The van der Waals surface area contributed by atoms with Crippen molar-refractivity contribution < 1.29 is 13.6 Å². The first-order valence-corrected chi connectivity index (χ1v) is 9.66. The minimum Gasteiger partial charge on any atom is -0.342 e. The summed E-state index contributed by atoms with van der Waals surface area (Å²) in [5, 5.41) is 2.63. The topological polar surface area (TPSA) is 78.1 Å². The maximum Gasteiger partial charge on any atom is 0.255 e. The van der Waals surface area contributed by atoms with Crippen molar-refractivity contribution in [3.8, 4) is 0 Å². The summed E-state index contributed by atoms with van der Waals surface area (Å²) in [6, 6.07) is 2.00. The van der Waals surface area contributed by atoms with E-state index in [1.807, 2.05) is 4.90 Å². The SMILES string of the molecule is O=C1Nc2cc(F)cc(F)c2C12CCN(c1nc3c(c(=O)[nH]1)CCCC3)CC2. The van der Waals surface area contributed by atoms with Crippen molar-refractivity contribution in [3.05, 3.63) is 50.9 Å². The molecule has 1 amide bonds. The quantitative estimate of drug-likeness (QED) is 0.789. The lowest BCUT2D eigenvalue weighted by Gasteiger charge is -2.38. The number of anilines is 2. The molecular formula is C20H20F2N4O2. The third kappa shape index (κ3) is 2.47. The third-order valence-corrected chi connectivity index (χ3v) is 6.31. The van der Waals surface area contributed by atoms with E-state index in [4.69, 9.17) is 0 Å². The van der Waals surface area contributed by atoms with Gasteiger partial charge in [0.1, 0.15) is 11.6 Å². The van der Waals surface area contributed by atoms with Crippen LogP contribution in [-0.4, -0.2) is 29.0 Å². The fourth-order valence-corrected chi connectivity index (χ4v) is 4.83. The average Bonchev–Trinajstić information content (AvgIpc) is 2.93. The van der Waals surface area contributed by atoms with Gasteiger partial charge in [-0.1, -0.05) is 0 Å². The Hall–Kier alpha value is -2.77. The number of hydrogen-bond acceptors (Lipinski definition) is 4. The maximum absolute atomic E-state index is 14.5. The summed E-state index contributed by atoms with van der Waals surface area (Å²) in [6.07, 6.45) is 4.33. The number of halogens is 2. The van der Waals surface area contributed by atoms with Gasteiger partial charge in [-0.15, -0.1) is 0 Å². The first kappa shape index (κ1) is 17.3. The number of aromatic amines is 1. The van der Waals surface area contributed by atoms with Gasteiger partial charge in [-0.2, -0.15) is 0 Å². The zero-order valence-electron chi connectivity index (χ0n) is 15.3. The van der Waals surface area contributed by atoms with Gasteiger partial charge in [0.2, 0.25) is 11.9 Å². The molecule has 1 aromatic carbocycles. The van der Waals surface area contributed by atoms with Crippen molar-refractivity contribution in [1.29, 1.82) is 0 Å². The smallest absolute Gasteiger partial charge is 0.255 e. The Morgan fingerprint density at radius 3 is 2.61 bits per heavy atom. The first-order valence-electron chi connectivity index (χ1n) is 9.66. The minimum atomic E-state index is -1.00. The maximum atomic E-state index is 14.5. The van der Waals surface area contributed by atoms with E-state index in [2.05, 4.69) is 15.3 Å². The summed E-state index contributed by atoms with van der Waals surface area (Å²) < 4.78 is 28.0. The minimum absolute atomic E-state index is 0.0922. The van der Waals surface area contributed by atoms with Crippen LogP contribution in [0.5, 0.6) is 0 Å². The van der Waals surface area contributed by atoms with E-state index in [-0.39, 0.29) is 22.7 Å². The predicted octanol–water partition coefficient (Wildman–Crippen LogP) is 2.42. The molecule has 1 saturated heterocycles. The number of hydrogen-bond donors (Lipinski definition) is 2. The van der Waals surface area contributed by atoms with Crippen LogP contribution in [0.3, 0.4) is 0 Å². The molecule has 1 aromatic heterocycles. The van der Waals surface area contributed by atoms with Crippen LogP contribution in [0.25, 0.3) is 0 Å². The van der Waals surface area contributed by atoms with Gasteiger partial charge in [0.15, 0.2) is 0 Å². The standard InChI is InChI=1S/C20H20F2N4O2/c21-11-9-13(22)16-15(10-11)23-18(28)20(16)5-7-26(8-6-20)19-24-14-4-2-1-3-12(14)17(27)25-19/h9-10H,1-8H2,(H,23,28)(H,24,25,27). The number of aryl methyl sites for hydroxylation is 1. The Morgan fingerprint density at radius 1 is 1.07 bits per heavy atom. The highest BCUT2D eigenvalue weighted by atomic mass is 19.1. The van der Waals surface area contributed by atoms with Crippen LogP contribution in [0, 0.1) is 11.6 Å². The van der Waals surface area contributed by atoms with Gasteiger partial charge in [-0.3, -0.25) is 14.6 Å². The molecule has 3 aliphatic rings. The molecule has 2 aliphatic heterocycles. The lowest BCUT2D eigenvalue weighted by Crippen LogP contribution is -2.47. The Labute approximate surface area is 160 Å². The van der Waals surface area contributed by atoms with Crippen LogP contribution in [0.1, 0.15) is 42.5 Å². The number of fused-ring (bicyclic) bond motifs is 3. The Morgan fingerprint density at radius 2 is 1.82 bits per heavy atom. The van der Waals surface area contributed by atoms with Crippen molar-refractivity contribution in [2.24, 2.45) is 0 Å². The van der Waals surface area contributed by atoms with Crippen LogP contribution < -0.4 is 15.8 Å². The highest BCUT2D eigenvalue weighted by Crippen LogP contribution is 2.46. The number of amides is 1. The molecule has 1 aliphatic carbocycles. The zero-order chi connectivity index (χ0) is 19.5. The first-order chi connectivity index (χ1) is 13.5. The van der Waals surface area contributed by atoms with Crippen LogP contribution in [-0.2, 0) is 23.1 Å². The molecule has 8 heteroatoms. The van der Waals surface area contributed by atoms with E-state index < -0.39 is 17.0 Å². The Bertz CT molecular complexity index is 1040. The van der Waals surface area contributed by atoms with Gasteiger partial charge in [0.25, 0.3) is 5.56 Å². The van der Waals surface area contributed by atoms with Crippen molar-refractivity contribution in [2.45, 2.75) is 43.9 Å². The highest BCUT2D eigenvalue weighted by molar-refractivity contribution is 6.06. The largest absolute Gasteiger partial charge is 0.342 e. The van der Waals surface area contributed by atoms with E-state index >= 15 is 0 Å². The number of nitrogens with zero attached hydrogens (tertiary/aromatic N) is 2. The average molecular weight is 386 g/mol. The summed E-state index contributed by atoms with van der Waals surface area (Å²) in [5.74, 6) is -1.18. The number of benzene rings is 1. The number of aromatic nitrogens is 2. The monoisotopic (exact) mass is 386 g/mol. The molecule has 0 atom stereocenters. The fraction of sp³-hybridized carbons (Fsp3) is 0.450. The van der Waals surface area contributed by atoms with Gasteiger partial charge in [0.05, 0.1) is 16.8 Å². The molecule has 5 rings (SSSR count). The van der Waals surface area contributed by atoms with Gasteiger partial charge in [-0.05, 0) is 44.6 Å². The molecule has 146 valence electrons. The number of rotatable bonds is 1. The molecule has 0 unspecified atom stereocenters. The fourth-order valence-electron chi connectivity index (χ4n) is 4.83. The van der Waals surface area contributed by atoms with Crippen molar-refractivity contribution in [3.63, 3.8) is 0 Å². The molecule has 1 fully saturated rings. The van der Waals surface area contributed by atoms with Crippen LogP contribution in [0.2, 0.25) is 0 Å². The summed E-state index contributed by atoms with van der Waals surface area (Å²) in [6.45, 7) is 0.900. The molecule has 0 saturated carbocycles. The molecule has 6 nitrogen and oxygen atoms in total. The van der Waals surface area contributed by atoms with Crippen LogP contribution in [0.4, 0.5) is 20.4 Å². The zero-order valence-corrected chi connectivity index (χ0v) is 15.3. The number of carbonyl (C=O) groups excluding carboxylic acids is 1. The molecule has 0 bridgehead atoms. The summed E-state index contributed by atoms with van der Waals surface area (Å²) >= 11 is 0. The second-order valence-corrected chi connectivity index (χ2v) is 7.86. The molecule has 1 spiro atoms. The van der Waals surface area contributed by atoms with Gasteiger partial charge < -0.3 is 10.2 Å². The summed E-state index contributed by atoms with van der Waals surface area (Å²) in [4.78, 5) is 34.5. The number of carbonyl (C=O) groups is 1. The van der Waals surface area contributed by atoms with E-state index in [9.17, 15) is 18.4 Å². The van der Waals surface area contributed by atoms with Crippen molar-refractivity contribution >= 4 is 17.5 Å². The molecule has 0 radical (unpaired) electrons. The van der Waals surface area contributed by atoms with E-state index in [1.165, 1.54) is 6.07 Å². The second-order valence-electron chi connectivity index (χ2n) is 7.86. The molecule has 2 N–H and O–H groups in total. The second kappa shape index (κ2) is 6.12. The number of piperidine rings is 1.